The smallest absolute Gasteiger partial charge is 0.0744 e. The molecule has 0 saturated carbocycles. The Morgan fingerprint density at radius 3 is 1.37 bits per heavy atom. The first-order valence-corrected chi connectivity index (χ1v) is 13.6. The van der Waals surface area contributed by atoms with E-state index >= 15 is 0 Å². The molecule has 0 aliphatic carbocycles. The van der Waals surface area contributed by atoms with Gasteiger partial charge in [-0.2, -0.15) is 0 Å². The molecule has 0 bridgehead atoms. The molecule has 0 unspecified atom stereocenters. The largest absolute Gasteiger partial charge is 0.306 e. The Morgan fingerprint density at radius 2 is 0.842 bits per heavy atom. The molecule has 0 saturated heterocycles. The lowest BCUT2D eigenvalue weighted by Crippen LogP contribution is -2.41. The average molecular weight is 491 g/mol. The van der Waals surface area contributed by atoms with Crippen LogP contribution >= 0.6 is 0 Å². The zero-order valence-corrected chi connectivity index (χ0v) is 22.3. The van der Waals surface area contributed by atoms with Crippen molar-refractivity contribution in [2.24, 2.45) is 0 Å². The molecule has 3 aliphatic rings. The van der Waals surface area contributed by atoms with Crippen LogP contribution in [0.15, 0.2) is 109 Å². The number of benzene rings is 5. The molecule has 3 heterocycles. The number of hydrogen-bond acceptors (Lipinski definition) is 2. The Morgan fingerprint density at radius 1 is 0.395 bits per heavy atom. The van der Waals surface area contributed by atoms with Crippen molar-refractivity contribution in [2.45, 2.75) is 38.5 Å². The summed E-state index contributed by atoms with van der Waals surface area (Å²) in [4.78, 5) is 5.07. The molecule has 2 nitrogen and oxygen atoms in total. The van der Waals surface area contributed by atoms with Crippen LogP contribution in [0.2, 0.25) is 0 Å². The molecule has 2 heteroatoms. The summed E-state index contributed by atoms with van der Waals surface area (Å²) in [7, 11) is 0. The van der Waals surface area contributed by atoms with Crippen molar-refractivity contribution in [3.8, 4) is 11.1 Å². The lowest BCUT2D eigenvalue weighted by Gasteiger charge is -2.53. The highest BCUT2D eigenvalue weighted by molar-refractivity contribution is 6.08. The minimum Gasteiger partial charge on any atom is -0.306 e. The van der Waals surface area contributed by atoms with E-state index in [0.29, 0.717) is 0 Å². The molecular weight excluding hydrogens is 460 g/mol. The van der Waals surface area contributed by atoms with Gasteiger partial charge in [0, 0.05) is 16.5 Å². The number of rotatable bonds is 2. The fourth-order valence-electron chi connectivity index (χ4n) is 7.16. The summed E-state index contributed by atoms with van der Waals surface area (Å²) in [6.07, 6.45) is 0. The zero-order chi connectivity index (χ0) is 25.8. The van der Waals surface area contributed by atoms with Crippen LogP contribution in [0.1, 0.15) is 49.9 Å². The maximum absolute atomic E-state index is 2.59. The molecule has 0 radical (unpaired) electrons. The standard InChI is InChI=1S/C36H30N2/c1-35(2)26-13-8-14-27-32(26)38-33-28(35)15-9-17-30(33)37(31-18-10-16-29(34(31)38)36(27,3)4)25-21-19-24(20-22-25)23-11-6-5-7-12-23/h5-22H,1-4H3. The van der Waals surface area contributed by atoms with Crippen LogP contribution in [-0.2, 0) is 10.8 Å². The second kappa shape index (κ2) is 7.17. The normalized spacial score (nSPS) is 16.7. The molecule has 184 valence electrons. The Balaban J connectivity index is 1.43. The van der Waals surface area contributed by atoms with Crippen LogP contribution < -0.4 is 9.80 Å². The minimum atomic E-state index is -0.101. The summed E-state index contributed by atoms with van der Waals surface area (Å²) in [6.45, 7) is 9.55. The van der Waals surface area contributed by atoms with Gasteiger partial charge in [0.2, 0.25) is 0 Å². The lowest BCUT2D eigenvalue weighted by atomic mass is 9.65. The van der Waals surface area contributed by atoms with Crippen LogP contribution in [0, 0.1) is 0 Å². The predicted octanol–water partition coefficient (Wildman–Crippen LogP) is 9.89. The fraction of sp³-hybridized carbons (Fsp3) is 0.167. The van der Waals surface area contributed by atoms with Crippen molar-refractivity contribution >= 4 is 34.1 Å². The van der Waals surface area contributed by atoms with Gasteiger partial charge in [-0.15, -0.1) is 0 Å². The van der Waals surface area contributed by atoms with E-state index in [2.05, 4.69) is 147 Å². The molecule has 5 aromatic carbocycles. The van der Waals surface area contributed by atoms with Gasteiger partial charge in [0.25, 0.3) is 0 Å². The van der Waals surface area contributed by atoms with E-state index in [9.17, 15) is 0 Å². The zero-order valence-electron chi connectivity index (χ0n) is 22.3. The van der Waals surface area contributed by atoms with E-state index in [1.54, 1.807) is 0 Å². The Bertz CT molecular complexity index is 1670. The SMILES string of the molecule is CC1(C)c2cccc3c2N2c4c(cccc4C(C)(C)c4cccc1c42)N3c1ccc(-c2ccccc2)cc1. The van der Waals surface area contributed by atoms with Crippen LogP contribution in [0.3, 0.4) is 0 Å². The van der Waals surface area contributed by atoms with E-state index in [4.69, 9.17) is 0 Å². The van der Waals surface area contributed by atoms with Gasteiger partial charge in [0.15, 0.2) is 0 Å². The van der Waals surface area contributed by atoms with Gasteiger partial charge in [0.1, 0.15) is 0 Å². The summed E-state index contributed by atoms with van der Waals surface area (Å²) in [5, 5.41) is 0. The third-order valence-corrected chi connectivity index (χ3v) is 9.14. The number of hydrogen-bond donors (Lipinski definition) is 0. The van der Waals surface area contributed by atoms with E-state index in [1.807, 2.05) is 0 Å². The fourth-order valence-corrected chi connectivity index (χ4v) is 7.16. The van der Waals surface area contributed by atoms with E-state index < -0.39 is 0 Å². The highest BCUT2D eigenvalue weighted by Crippen LogP contribution is 2.67. The highest BCUT2D eigenvalue weighted by Gasteiger charge is 2.49. The molecule has 8 rings (SSSR count). The van der Waals surface area contributed by atoms with Gasteiger partial charge >= 0.3 is 0 Å². The quantitative estimate of drug-likeness (QED) is 0.238. The molecule has 0 amide bonds. The van der Waals surface area contributed by atoms with Crippen molar-refractivity contribution in [1.29, 1.82) is 0 Å². The monoisotopic (exact) mass is 490 g/mol. The molecule has 0 spiro atoms. The van der Waals surface area contributed by atoms with E-state index in [0.717, 1.165) is 0 Å². The van der Waals surface area contributed by atoms with Crippen molar-refractivity contribution in [1.82, 2.24) is 0 Å². The molecule has 0 aromatic heterocycles. The van der Waals surface area contributed by atoms with Crippen molar-refractivity contribution in [2.75, 3.05) is 9.80 Å². The highest BCUT2D eigenvalue weighted by atomic mass is 15.3. The summed E-state index contributed by atoms with van der Waals surface area (Å²) < 4.78 is 0. The molecule has 3 aliphatic heterocycles. The van der Waals surface area contributed by atoms with Gasteiger partial charge in [0.05, 0.1) is 28.4 Å². The Labute approximate surface area is 224 Å². The first-order chi connectivity index (χ1) is 18.4. The van der Waals surface area contributed by atoms with Crippen LogP contribution in [-0.4, -0.2) is 0 Å². The molecule has 0 N–H and O–H groups in total. The summed E-state index contributed by atoms with van der Waals surface area (Å²) in [5.41, 5.74) is 15.5. The number of anilines is 6. The third kappa shape index (κ3) is 2.58. The predicted molar refractivity (Wildman–Crippen MR) is 159 cm³/mol. The molecule has 0 fully saturated rings. The van der Waals surface area contributed by atoms with Gasteiger partial charge < -0.3 is 9.80 Å². The topological polar surface area (TPSA) is 6.48 Å². The van der Waals surface area contributed by atoms with Crippen LogP contribution in [0.5, 0.6) is 0 Å². The van der Waals surface area contributed by atoms with Gasteiger partial charge in [-0.3, -0.25) is 0 Å². The van der Waals surface area contributed by atoms with Crippen LogP contribution in [0.4, 0.5) is 34.1 Å². The van der Waals surface area contributed by atoms with Crippen LogP contribution in [0.25, 0.3) is 11.1 Å². The Hall–Kier alpha value is -4.30. The van der Waals surface area contributed by atoms with Gasteiger partial charge in [-0.25, -0.2) is 0 Å². The van der Waals surface area contributed by atoms with E-state index in [-0.39, 0.29) is 10.8 Å². The van der Waals surface area contributed by atoms with Gasteiger partial charge in [-0.1, -0.05) is 113 Å². The first kappa shape index (κ1) is 21.8. The summed E-state index contributed by atoms with van der Waals surface area (Å²) >= 11 is 0. The second-order valence-corrected chi connectivity index (χ2v) is 11.9. The molecule has 38 heavy (non-hydrogen) atoms. The van der Waals surface area contributed by atoms with Crippen molar-refractivity contribution in [3.05, 3.63) is 131 Å². The maximum atomic E-state index is 2.59. The van der Waals surface area contributed by atoms with Crippen molar-refractivity contribution in [3.63, 3.8) is 0 Å². The first-order valence-electron chi connectivity index (χ1n) is 13.6. The molecule has 5 aromatic rings. The number of para-hydroxylation sites is 3. The molecular formula is C36H30N2. The lowest BCUT2D eigenvalue weighted by molar-refractivity contribution is 0.596. The third-order valence-electron chi connectivity index (χ3n) is 9.14. The number of nitrogens with zero attached hydrogens (tertiary/aromatic N) is 2. The van der Waals surface area contributed by atoms with Gasteiger partial charge in [-0.05, 0) is 57.6 Å². The average Bonchev–Trinajstić information content (AvgIpc) is 2.94. The second-order valence-electron chi connectivity index (χ2n) is 11.9. The minimum absolute atomic E-state index is 0.101. The summed E-state index contributed by atoms with van der Waals surface area (Å²) in [5.74, 6) is 0. The van der Waals surface area contributed by atoms with E-state index in [1.165, 1.54) is 67.5 Å². The maximum Gasteiger partial charge on any atom is 0.0744 e. The molecule has 0 atom stereocenters. The summed E-state index contributed by atoms with van der Waals surface area (Å²) in [6, 6.07) is 40.3. The van der Waals surface area contributed by atoms with Crippen molar-refractivity contribution < 1.29 is 0 Å². The Kier molecular flexibility index (Phi) is 4.10.